The van der Waals surface area contributed by atoms with Gasteiger partial charge in [0.1, 0.15) is 0 Å². The molecule has 4 aromatic rings. The summed E-state index contributed by atoms with van der Waals surface area (Å²) < 4.78 is 5.51. The SMILES string of the molecule is CC(=O)Nc1ccc(-c2ccnc(Nc3ccc(N4CCOCC4)c(NC(=O)c4c(Cl)cccc4Cl)c3)n2)cc1. The van der Waals surface area contributed by atoms with E-state index in [-0.39, 0.29) is 21.5 Å². The monoisotopic (exact) mass is 576 g/mol. The Kier molecular flexibility index (Phi) is 8.45. The quantitative estimate of drug-likeness (QED) is 0.239. The zero-order chi connectivity index (χ0) is 28.1. The molecule has 11 heteroatoms. The Balaban J connectivity index is 1.41. The molecule has 0 spiro atoms. The van der Waals surface area contributed by atoms with Gasteiger partial charge in [-0.3, -0.25) is 9.59 Å². The number of carbonyl (C=O) groups excluding carboxylic acids is 2. The number of aromatic nitrogens is 2. The summed E-state index contributed by atoms with van der Waals surface area (Å²) in [5.41, 5.74) is 4.59. The molecule has 0 unspecified atom stereocenters. The molecule has 0 atom stereocenters. The molecule has 5 rings (SSSR count). The van der Waals surface area contributed by atoms with Crippen LogP contribution in [-0.2, 0) is 9.53 Å². The van der Waals surface area contributed by atoms with E-state index in [1.807, 2.05) is 42.5 Å². The molecular weight excluding hydrogens is 551 g/mol. The molecule has 3 aromatic carbocycles. The van der Waals surface area contributed by atoms with E-state index in [0.29, 0.717) is 55.0 Å². The first-order valence-corrected chi connectivity index (χ1v) is 13.3. The Bertz CT molecular complexity index is 1520. The van der Waals surface area contributed by atoms with Gasteiger partial charge < -0.3 is 25.6 Å². The molecule has 0 radical (unpaired) electrons. The van der Waals surface area contributed by atoms with Crippen LogP contribution in [-0.4, -0.2) is 48.1 Å². The highest BCUT2D eigenvalue weighted by Gasteiger charge is 2.20. The standard InChI is InChI=1S/C29H26Cl2N6O3/c1-18(38)33-20-7-5-19(6-8-20)24-11-12-32-29(36-24)34-21-9-10-26(37-13-15-40-16-14-37)25(17-21)35-28(39)27-22(30)3-2-4-23(27)31/h2-12,17H,13-16H2,1H3,(H,33,38)(H,35,39)(H,32,34,36). The molecule has 40 heavy (non-hydrogen) atoms. The number of hydrogen-bond donors (Lipinski definition) is 3. The molecule has 3 N–H and O–H groups in total. The van der Waals surface area contributed by atoms with E-state index in [1.54, 1.807) is 30.5 Å². The van der Waals surface area contributed by atoms with Crippen molar-refractivity contribution in [1.29, 1.82) is 0 Å². The second-order valence-corrected chi connectivity index (χ2v) is 9.85. The molecular formula is C29H26Cl2N6O3. The van der Waals surface area contributed by atoms with Gasteiger partial charge in [0.15, 0.2) is 0 Å². The predicted octanol–water partition coefficient (Wildman–Crippen LogP) is 6.24. The van der Waals surface area contributed by atoms with Gasteiger partial charge in [-0.05, 0) is 48.5 Å². The van der Waals surface area contributed by atoms with E-state index in [2.05, 4.69) is 30.8 Å². The lowest BCUT2D eigenvalue weighted by Crippen LogP contribution is -2.36. The molecule has 0 saturated carbocycles. The highest BCUT2D eigenvalue weighted by atomic mass is 35.5. The van der Waals surface area contributed by atoms with Crippen LogP contribution in [0.3, 0.4) is 0 Å². The Hall–Kier alpha value is -4.18. The highest BCUT2D eigenvalue weighted by molar-refractivity contribution is 6.40. The van der Waals surface area contributed by atoms with Gasteiger partial charge >= 0.3 is 0 Å². The number of nitrogens with zero attached hydrogens (tertiary/aromatic N) is 3. The lowest BCUT2D eigenvalue weighted by molar-refractivity contribution is -0.114. The smallest absolute Gasteiger partial charge is 0.258 e. The minimum atomic E-state index is -0.414. The minimum absolute atomic E-state index is 0.133. The summed E-state index contributed by atoms with van der Waals surface area (Å²) >= 11 is 12.6. The van der Waals surface area contributed by atoms with Crippen LogP contribution in [0.1, 0.15) is 17.3 Å². The van der Waals surface area contributed by atoms with Gasteiger partial charge in [-0.15, -0.1) is 0 Å². The fourth-order valence-electron chi connectivity index (χ4n) is 4.33. The first-order valence-electron chi connectivity index (χ1n) is 12.6. The number of rotatable bonds is 7. The second-order valence-electron chi connectivity index (χ2n) is 9.03. The fourth-order valence-corrected chi connectivity index (χ4v) is 4.90. The van der Waals surface area contributed by atoms with Crippen molar-refractivity contribution in [2.45, 2.75) is 6.92 Å². The summed E-state index contributed by atoms with van der Waals surface area (Å²) in [7, 11) is 0. The van der Waals surface area contributed by atoms with Gasteiger partial charge in [0.25, 0.3) is 5.91 Å². The van der Waals surface area contributed by atoms with Gasteiger partial charge in [-0.1, -0.05) is 41.4 Å². The molecule has 204 valence electrons. The lowest BCUT2D eigenvalue weighted by atomic mass is 10.1. The van der Waals surface area contributed by atoms with Gasteiger partial charge in [-0.25, -0.2) is 9.97 Å². The molecule has 1 saturated heterocycles. The highest BCUT2D eigenvalue weighted by Crippen LogP contribution is 2.33. The Morgan fingerprint density at radius 1 is 0.900 bits per heavy atom. The van der Waals surface area contributed by atoms with E-state index in [9.17, 15) is 9.59 Å². The van der Waals surface area contributed by atoms with Crippen LogP contribution in [0.2, 0.25) is 10.0 Å². The van der Waals surface area contributed by atoms with Crippen molar-refractivity contribution in [2.75, 3.05) is 47.2 Å². The van der Waals surface area contributed by atoms with E-state index in [1.165, 1.54) is 6.92 Å². The summed E-state index contributed by atoms with van der Waals surface area (Å²) in [5.74, 6) is -0.163. The van der Waals surface area contributed by atoms with Crippen molar-refractivity contribution in [2.24, 2.45) is 0 Å². The Morgan fingerprint density at radius 2 is 1.60 bits per heavy atom. The topological polar surface area (TPSA) is 108 Å². The van der Waals surface area contributed by atoms with E-state index in [4.69, 9.17) is 27.9 Å². The van der Waals surface area contributed by atoms with Crippen molar-refractivity contribution >= 4 is 63.7 Å². The molecule has 1 aliphatic heterocycles. The summed E-state index contributed by atoms with van der Waals surface area (Å²) in [4.78, 5) is 35.7. The first kappa shape index (κ1) is 27.4. The van der Waals surface area contributed by atoms with Gasteiger partial charge in [0.2, 0.25) is 11.9 Å². The number of morpholine rings is 1. The van der Waals surface area contributed by atoms with Gasteiger partial charge in [0.05, 0.1) is 45.9 Å². The molecule has 1 aromatic heterocycles. The largest absolute Gasteiger partial charge is 0.378 e. The van der Waals surface area contributed by atoms with Crippen LogP contribution >= 0.6 is 23.2 Å². The van der Waals surface area contributed by atoms with Crippen LogP contribution in [0.25, 0.3) is 11.3 Å². The maximum atomic E-state index is 13.3. The minimum Gasteiger partial charge on any atom is -0.378 e. The van der Waals surface area contributed by atoms with Crippen LogP contribution in [0.4, 0.5) is 28.7 Å². The Labute approximate surface area is 241 Å². The summed E-state index contributed by atoms with van der Waals surface area (Å²) in [5, 5.41) is 9.50. The maximum Gasteiger partial charge on any atom is 0.258 e. The van der Waals surface area contributed by atoms with E-state index >= 15 is 0 Å². The average molecular weight is 577 g/mol. The number of ether oxygens (including phenoxy) is 1. The zero-order valence-corrected chi connectivity index (χ0v) is 23.1. The molecule has 1 fully saturated rings. The molecule has 2 heterocycles. The average Bonchev–Trinajstić information content (AvgIpc) is 2.94. The molecule has 9 nitrogen and oxygen atoms in total. The van der Waals surface area contributed by atoms with Crippen LogP contribution in [0, 0.1) is 0 Å². The molecule has 0 aliphatic carbocycles. The Morgan fingerprint density at radius 3 is 2.30 bits per heavy atom. The van der Waals surface area contributed by atoms with Crippen molar-refractivity contribution in [3.05, 3.63) is 88.5 Å². The number of nitrogens with one attached hydrogen (secondary N) is 3. The van der Waals surface area contributed by atoms with E-state index in [0.717, 1.165) is 11.3 Å². The van der Waals surface area contributed by atoms with Crippen LogP contribution < -0.4 is 20.9 Å². The van der Waals surface area contributed by atoms with Crippen molar-refractivity contribution in [1.82, 2.24) is 9.97 Å². The number of hydrogen-bond acceptors (Lipinski definition) is 7. The number of carbonyl (C=O) groups is 2. The van der Waals surface area contributed by atoms with Gasteiger partial charge in [-0.2, -0.15) is 0 Å². The zero-order valence-electron chi connectivity index (χ0n) is 21.6. The third-order valence-electron chi connectivity index (χ3n) is 6.20. The summed E-state index contributed by atoms with van der Waals surface area (Å²) in [6, 6.07) is 19.8. The fraction of sp³-hybridized carbons (Fsp3) is 0.172. The molecule has 2 amide bonds. The number of anilines is 5. The molecule has 1 aliphatic rings. The third kappa shape index (κ3) is 6.51. The van der Waals surface area contributed by atoms with Crippen molar-refractivity contribution in [3.63, 3.8) is 0 Å². The van der Waals surface area contributed by atoms with Crippen molar-refractivity contribution < 1.29 is 14.3 Å². The summed E-state index contributed by atoms with van der Waals surface area (Å²) in [6.07, 6.45) is 1.66. The number of halogens is 2. The summed E-state index contributed by atoms with van der Waals surface area (Å²) in [6.45, 7) is 4.03. The van der Waals surface area contributed by atoms with Crippen LogP contribution in [0.15, 0.2) is 72.9 Å². The number of amides is 2. The maximum absolute atomic E-state index is 13.3. The predicted molar refractivity (Wildman–Crippen MR) is 159 cm³/mol. The lowest BCUT2D eigenvalue weighted by Gasteiger charge is -2.31. The van der Waals surface area contributed by atoms with Crippen LogP contribution in [0.5, 0.6) is 0 Å². The first-order chi connectivity index (χ1) is 19.4. The third-order valence-corrected chi connectivity index (χ3v) is 6.83. The number of benzene rings is 3. The van der Waals surface area contributed by atoms with E-state index < -0.39 is 5.91 Å². The normalized spacial score (nSPS) is 13.0. The van der Waals surface area contributed by atoms with Gasteiger partial charge in [0, 0.05) is 43.1 Å². The molecule has 0 bridgehead atoms. The van der Waals surface area contributed by atoms with Crippen molar-refractivity contribution in [3.8, 4) is 11.3 Å². The second kappa shape index (κ2) is 12.3.